The molecule has 2 aliphatic rings. The molecule has 5 nitrogen and oxygen atoms in total. The van der Waals surface area contributed by atoms with Gasteiger partial charge in [-0.3, -0.25) is 9.69 Å². The zero-order valence-electron chi connectivity index (χ0n) is 14.0. The molecule has 0 saturated carbocycles. The summed E-state index contributed by atoms with van der Waals surface area (Å²) in [6, 6.07) is 7.85. The normalized spacial score (nSPS) is 20.3. The van der Waals surface area contributed by atoms with Crippen molar-refractivity contribution >= 4 is 28.6 Å². The third-order valence-corrected chi connectivity index (χ3v) is 4.88. The molecule has 4 rings (SSSR count). The second kappa shape index (κ2) is 6.23. The average Bonchev–Trinajstić information content (AvgIpc) is 3.04. The van der Waals surface area contributed by atoms with E-state index >= 15 is 0 Å². The van der Waals surface area contributed by atoms with Crippen molar-refractivity contribution in [3.8, 4) is 0 Å². The van der Waals surface area contributed by atoms with Crippen LogP contribution in [0.1, 0.15) is 25.7 Å². The molecule has 0 saturated heterocycles. The number of hydrogen-bond acceptors (Lipinski definition) is 4. The van der Waals surface area contributed by atoms with E-state index in [-0.39, 0.29) is 5.91 Å². The van der Waals surface area contributed by atoms with Crippen LogP contribution < -0.4 is 9.80 Å². The first kappa shape index (κ1) is 15.1. The Morgan fingerprint density at radius 1 is 1.17 bits per heavy atom. The van der Waals surface area contributed by atoms with Crippen LogP contribution in [-0.2, 0) is 4.79 Å². The molecule has 1 atom stereocenters. The Bertz CT molecular complexity index is 801. The molecule has 0 N–H and O–H groups in total. The summed E-state index contributed by atoms with van der Waals surface area (Å²) >= 11 is 0. The molecule has 1 aromatic carbocycles. The van der Waals surface area contributed by atoms with E-state index in [9.17, 15) is 4.79 Å². The summed E-state index contributed by atoms with van der Waals surface area (Å²) in [7, 11) is 2.02. The first-order chi connectivity index (χ1) is 11.7. The molecule has 0 bridgehead atoms. The summed E-state index contributed by atoms with van der Waals surface area (Å²) in [5, 5.41) is 0. The van der Waals surface area contributed by atoms with Gasteiger partial charge in [-0.05, 0) is 37.3 Å². The smallest absolute Gasteiger partial charge is 0.228 e. The van der Waals surface area contributed by atoms with Crippen molar-refractivity contribution in [1.82, 2.24) is 9.97 Å². The molecule has 1 unspecified atom stereocenters. The van der Waals surface area contributed by atoms with Crippen molar-refractivity contribution in [2.75, 3.05) is 29.9 Å². The quantitative estimate of drug-likeness (QED) is 0.797. The number of para-hydroxylation sites is 2. The number of allylic oxidation sites excluding steroid dienone is 2. The lowest BCUT2D eigenvalue weighted by Crippen LogP contribution is -2.33. The minimum atomic E-state index is 0.160. The Kier molecular flexibility index (Phi) is 3.92. The van der Waals surface area contributed by atoms with Crippen LogP contribution in [0.25, 0.3) is 11.0 Å². The van der Waals surface area contributed by atoms with Gasteiger partial charge in [0.2, 0.25) is 5.91 Å². The van der Waals surface area contributed by atoms with E-state index in [0.717, 1.165) is 42.7 Å². The maximum absolute atomic E-state index is 12.9. The molecule has 0 fully saturated rings. The first-order valence-electron chi connectivity index (χ1n) is 8.67. The summed E-state index contributed by atoms with van der Waals surface area (Å²) in [4.78, 5) is 26.4. The topological polar surface area (TPSA) is 49.3 Å². The fourth-order valence-corrected chi connectivity index (χ4v) is 3.54. The Morgan fingerprint density at radius 3 is 2.62 bits per heavy atom. The summed E-state index contributed by atoms with van der Waals surface area (Å²) in [5.41, 5.74) is 1.71. The summed E-state index contributed by atoms with van der Waals surface area (Å²) in [6.07, 6.45) is 8.01. The SMILES string of the molecule is CN1CCCN(C(=O)CC2C=CCC2)c2nc3ccccc3nc21. The zero-order chi connectivity index (χ0) is 16.5. The summed E-state index contributed by atoms with van der Waals surface area (Å²) < 4.78 is 0. The number of fused-ring (bicyclic) bond motifs is 2. The first-order valence-corrected chi connectivity index (χ1v) is 8.67. The van der Waals surface area contributed by atoms with Crippen LogP contribution >= 0.6 is 0 Å². The Balaban J connectivity index is 1.73. The molecule has 2 heterocycles. The second-order valence-electron chi connectivity index (χ2n) is 6.65. The van der Waals surface area contributed by atoms with Crippen LogP contribution in [0.2, 0.25) is 0 Å². The highest BCUT2D eigenvalue weighted by molar-refractivity contribution is 5.97. The van der Waals surface area contributed by atoms with E-state index in [1.165, 1.54) is 0 Å². The van der Waals surface area contributed by atoms with Crippen LogP contribution in [-0.4, -0.2) is 36.0 Å². The van der Waals surface area contributed by atoms with Crippen LogP contribution in [0.3, 0.4) is 0 Å². The fourth-order valence-electron chi connectivity index (χ4n) is 3.54. The summed E-state index contributed by atoms with van der Waals surface area (Å²) in [5.74, 6) is 2.05. The van der Waals surface area contributed by atoms with Gasteiger partial charge in [-0.15, -0.1) is 0 Å². The minimum Gasteiger partial charge on any atom is -0.357 e. The Hall–Kier alpha value is -2.43. The van der Waals surface area contributed by atoms with Gasteiger partial charge in [0.1, 0.15) is 0 Å². The van der Waals surface area contributed by atoms with Crippen molar-refractivity contribution in [3.05, 3.63) is 36.4 Å². The maximum Gasteiger partial charge on any atom is 0.228 e. The van der Waals surface area contributed by atoms with Crippen LogP contribution in [0.4, 0.5) is 11.6 Å². The van der Waals surface area contributed by atoms with E-state index in [2.05, 4.69) is 17.1 Å². The number of carbonyl (C=O) groups excluding carboxylic acids is 1. The molecular weight excluding hydrogens is 300 g/mol. The second-order valence-corrected chi connectivity index (χ2v) is 6.65. The van der Waals surface area contributed by atoms with E-state index in [4.69, 9.17) is 9.97 Å². The van der Waals surface area contributed by atoms with Crippen LogP contribution in [0.15, 0.2) is 36.4 Å². The van der Waals surface area contributed by atoms with Gasteiger partial charge in [-0.25, -0.2) is 9.97 Å². The largest absolute Gasteiger partial charge is 0.357 e. The molecular formula is C19H22N4O. The minimum absolute atomic E-state index is 0.160. The fraction of sp³-hybridized carbons (Fsp3) is 0.421. The van der Waals surface area contributed by atoms with Gasteiger partial charge in [0.25, 0.3) is 0 Å². The maximum atomic E-state index is 12.9. The zero-order valence-corrected chi connectivity index (χ0v) is 14.0. The van der Waals surface area contributed by atoms with Crippen LogP contribution in [0, 0.1) is 5.92 Å². The lowest BCUT2D eigenvalue weighted by molar-refractivity contribution is -0.119. The van der Waals surface area contributed by atoms with Gasteiger partial charge in [-0.2, -0.15) is 0 Å². The van der Waals surface area contributed by atoms with Crippen LogP contribution in [0.5, 0.6) is 0 Å². The van der Waals surface area contributed by atoms with Crippen molar-refractivity contribution in [3.63, 3.8) is 0 Å². The van der Waals surface area contributed by atoms with Gasteiger partial charge in [0.15, 0.2) is 11.6 Å². The Morgan fingerprint density at radius 2 is 1.92 bits per heavy atom. The predicted molar refractivity (Wildman–Crippen MR) is 96.3 cm³/mol. The highest BCUT2D eigenvalue weighted by Gasteiger charge is 2.28. The highest BCUT2D eigenvalue weighted by atomic mass is 16.2. The van der Waals surface area contributed by atoms with E-state index in [1.807, 2.05) is 36.2 Å². The molecule has 1 aromatic heterocycles. The molecule has 2 aromatic rings. The van der Waals surface area contributed by atoms with Gasteiger partial charge < -0.3 is 4.90 Å². The van der Waals surface area contributed by atoms with Crippen molar-refractivity contribution < 1.29 is 4.79 Å². The molecule has 1 aliphatic heterocycles. The lowest BCUT2D eigenvalue weighted by atomic mass is 10.0. The molecule has 24 heavy (non-hydrogen) atoms. The molecule has 124 valence electrons. The third-order valence-electron chi connectivity index (χ3n) is 4.88. The third kappa shape index (κ3) is 2.75. The standard InChI is InChI=1S/C19H22N4O/c1-22-11-6-12-23(17(24)13-14-7-2-3-8-14)19-18(22)20-15-9-4-5-10-16(15)21-19/h2,4-5,7,9-10,14H,3,6,8,11-13H2,1H3. The molecule has 0 radical (unpaired) electrons. The van der Waals surface area contributed by atoms with E-state index < -0.39 is 0 Å². The van der Waals surface area contributed by atoms with Gasteiger partial charge >= 0.3 is 0 Å². The van der Waals surface area contributed by atoms with Gasteiger partial charge in [0, 0.05) is 26.6 Å². The molecule has 0 spiro atoms. The van der Waals surface area contributed by atoms with Crippen molar-refractivity contribution in [2.45, 2.75) is 25.7 Å². The number of aromatic nitrogens is 2. The number of benzene rings is 1. The number of carbonyl (C=O) groups is 1. The molecule has 1 amide bonds. The Labute approximate surface area is 142 Å². The molecule has 5 heteroatoms. The van der Waals surface area contributed by atoms with E-state index in [1.54, 1.807) is 0 Å². The van der Waals surface area contributed by atoms with Crippen molar-refractivity contribution in [2.24, 2.45) is 5.92 Å². The number of anilines is 2. The predicted octanol–water partition coefficient (Wildman–Crippen LogP) is 3.16. The number of hydrogen-bond donors (Lipinski definition) is 0. The monoisotopic (exact) mass is 322 g/mol. The number of nitrogens with zero attached hydrogens (tertiary/aromatic N) is 4. The van der Waals surface area contributed by atoms with Gasteiger partial charge in [-0.1, -0.05) is 24.3 Å². The van der Waals surface area contributed by atoms with Crippen molar-refractivity contribution in [1.29, 1.82) is 0 Å². The van der Waals surface area contributed by atoms with Gasteiger partial charge in [0.05, 0.1) is 11.0 Å². The summed E-state index contributed by atoms with van der Waals surface area (Å²) in [6.45, 7) is 1.59. The highest BCUT2D eigenvalue weighted by Crippen LogP contribution is 2.31. The molecule has 1 aliphatic carbocycles. The number of rotatable bonds is 2. The lowest BCUT2D eigenvalue weighted by Gasteiger charge is -2.23. The number of amides is 1. The van der Waals surface area contributed by atoms with E-state index in [0.29, 0.717) is 24.7 Å². The average molecular weight is 322 g/mol.